The van der Waals surface area contributed by atoms with Gasteiger partial charge < -0.3 is 10.4 Å². The summed E-state index contributed by atoms with van der Waals surface area (Å²) in [5.74, 6) is 0. The number of likely N-dealkylation sites (N-methyl/N-ethyl adjacent to an activating group) is 1. The number of hydrogen-bond acceptors (Lipinski definition) is 4. The molecule has 22 heavy (non-hydrogen) atoms. The van der Waals surface area contributed by atoms with Crippen LogP contribution in [0.3, 0.4) is 0 Å². The molecule has 0 radical (unpaired) electrons. The summed E-state index contributed by atoms with van der Waals surface area (Å²) in [5, 5.41) is 24.1. The standard InChI is InChI=1S/C9H12N2O3.C6H4Cl2/c1-10-6-9(12)7-3-2-4-8(5-7)11(13)14;7-5-2-1-3-6(8)4-5/h2-5,9-10,12H,6H2,1H3;1-4H. The predicted molar refractivity (Wildman–Crippen MR) is 88.4 cm³/mol. The molecule has 2 N–H and O–H groups in total. The fraction of sp³-hybridized carbons (Fsp3) is 0.200. The predicted octanol–water partition coefficient (Wildman–Crippen LogP) is 3.84. The second-order valence-corrected chi connectivity index (χ2v) is 5.24. The van der Waals surface area contributed by atoms with Crippen molar-refractivity contribution in [1.82, 2.24) is 5.32 Å². The quantitative estimate of drug-likeness (QED) is 0.653. The molecular formula is C15H16Cl2N2O3. The number of nitrogens with one attached hydrogen (secondary N) is 1. The number of nitro groups is 1. The molecule has 0 saturated heterocycles. The lowest BCUT2D eigenvalue weighted by Crippen LogP contribution is -2.16. The Labute approximate surface area is 138 Å². The van der Waals surface area contributed by atoms with Gasteiger partial charge in [-0.1, -0.05) is 41.4 Å². The van der Waals surface area contributed by atoms with Crippen LogP contribution in [0.2, 0.25) is 10.0 Å². The Morgan fingerprint density at radius 2 is 1.77 bits per heavy atom. The van der Waals surface area contributed by atoms with Gasteiger partial charge in [-0.3, -0.25) is 10.1 Å². The maximum Gasteiger partial charge on any atom is 0.269 e. The first kappa shape index (κ1) is 18.4. The molecule has 2 rings (SSSR count). The number of nitro benzene ring substituents is 1. The second-order valence-electron chi connectivity index (χ2n) is 4.37. The highest BCUT2D eigenvalue weighted by atomic mass is 35.5. The molecule has 0 aliphatic carbocycles. The van der Waals surface area contributed by atoms with Gasteiger partial charge in [-0.2, -0.15) is 0 Å². The minimum absolute atomic E-state index is 0.00217. The Kier molecular flexibility index (Phi) is 7.84. The van der Waals surface area contributed by atoms with Crippen molar-refractivity contribution >= 4 is 28.9 Å². The molecule has 5 nitrogen and oxygen atoms in total. The minimum atomic E-state index is -0.708. The van der Waals surface area contributed by atoms with Gasteiger partial charge in [0.2, 0.25) is 0 Å². The average Bonchev–Trinajstić information content (AvgIpc) is 2.48. The number of aliphatic hydroxyl groups excluding tert-OH is 1. The lowest BCUT2D eigenvalue weighted by atomic mass is 10.1. The van der Waals surface area contributed by atoms with Crippen molar-refractivity contribution in [2.24, 2.45) is 0 Å². The number of hydrogen-bond donors (Lipinski definition) is 2. The van der Waals surface area contributed by atoms with E-state index in [9.17, 15) is 15.2 Å². The van der Waals surface area contributed by atoms with Gasteiger partial charge in [-0.05, 0) is 30.8 Å². The summed E-state index contributed by atoms with van der Waals surface area (Å²) in [6.07, 6.45) is -0.708. The van der Waals surface area contributed by atoms with Gasteiger partial charge in [0, 0.05) is 28.7 Å². The second kappa shape index (κ2) is 9.38. The molecule has 0 saturated carbocycles. The summed E-state index contributed by atoms with van der Waals surface area (Å²) in [6, 6.07) is 13.1. The van der Waals surface area contributed by atoms with Crippen LogP contribution in [0.4, 0.5) is 5.69 Å². The summed E-state index contributed by atoms with van der Waals surface area (Å²) < 4.78 is 0. The van der Waals surface area contributed by atoms with Gasteiger partial charge >= 0.3 is 0 Å². The Bertz CT molecular complexity index is 606. The highest BCUT2D eigenvalue weighted by Crippen LogP contribution is 2.18. The normalized spacial score (nSPS) is 11.3. The molecule has 0 aliphatic heterocycles. The van der Waals surface area contributed by atoms with Crippen molar-refractivity contribution in [1.29, 1.82) is 0 Å². The fourth-order valence-electron chi connectivity index (χ4n) is 1.62. The smallest absolute Gasteiger partial charge is 0.269 e. The molecule has 0 heterocycles. The van der Waals surface area contributed by atoms with Gasteiger partial charge in [0.05, 0.1) is 11.0 Å². The van der Waals surface area contributed by atoms with Gasteiger partial charge in [0.25, 0.3) is 5.69 Å². The van der Waals surface area contributed by atoms with Gasteiger partial charge in [0.15, 0.2) is 0 Å². The molecule has 0 aromatic heterocycles. The monoisotopic (exact) mass is 342 g/mol. The maximum atomic E-state index is 10.4. The summed E-state index contributed by atoms with van der Waals surface area (Å²) in [6.45, 7) is 0.376. The SMILES string of the molecule is CNCC(O)c1cccc([N+](=O)[O-])c1.Clc1cccc(Cl)c1. The van der Waals surface area contributed by atoms with E-state index in [1.54, 1.807) is 37.4 Å². The van der Waals surface area contributed by atoms with Crippen LogP contribution < -0.4 is 5.32 Å². The van der Waals surface area contributed by atoms with Crippen LogP contribution in [-0.2, 0) is 0 Å². The number of nitrogens with zero attached hydrogens (tertiary/aromatic N) is 1. The van der Waals surface area contributed by atoms with E-state index in [0.29, 0.717) is 22.2 Å². The number of non-ortho nitro benzene ring substituents is 1. The van der Waals surface area contributed by atoms with Crippen LogP contribution in [0.25, 0.3) is 0 Å². The molecule has 1 unspecified atom stereocenters. The summed E-state index contributed by atoms with van der Waals surface area (Å²) in [5.41, 5.74) is 0.547. The number of aliphatic hydroxyl groups is 1. The summed E-state index contributed by atoms with van der Waals surface area (Å²) in [7, 11) is 1.71. The van der Waals surface area contributed by atoms with Crippen molar-refractivity contribution < 1.29 is 10.0 Å². The van der Waals surface area contributed by atoms with Gasteiger partial charge in [-0.25, -0.2) is 0 Å². The van der Waals surface area contributed by atoms with E-state index in [1.807, 2.05) is 6.07 Å². The molecule has 0 amide bonds. The molecule has 0 fully saturated rings. The number of halogens is 2. The third kappa shape index (κ3) is 6.41. The van der Waals surface area contributed by atoms with E-state index in [2.05, 4.69) is 5.32 Å². The Morgan fingerprint density at radius 3 is 2.23 bits per heavy atom. The van der Waals surface area contributed by atoms with Crippen LogP contribution in [0, 0.1) is 10.1 Å². The zero-order valence-corrected chi connectivity index (χ0v) is 13.4. The molecule has 2 aromatic rings. The molecule has 0 spiro atoms. The largest absolute Gasteiger partial charge is 0.387 e. The van der Waals surface area contributed by atoms with Crippen LogP contribution in [0.5, 0.6) is 0 Å². The zero-order chi connectivity index (χ0) is 16.5. The van der Waals surface area contributed by atoms with E-state index in [-0.39, 0.29) is 5.69 Å². The van der Waals surface area contributed by atoms with Crippen molar-refractivity contribution in [2.45, 2.75) is 6.10 Å². The minimum Gasteiger partial charge on any atom is -0.387 e. The number of rotatable bonds is 4. The Hall–Kier alpha value is -1.66. The van der Waals surface area contributed by atoms with E-state index in [4.69, 9.17) is 23.2 Å². The lowest BCUT2D eigenvalue weighted by Gasteiger charge is -2.09. The first-order valence-corrected chi connectivity index (χ1v) is 7.17. The first-order chi connectivity index (χ1) is 10.4. The topological polar surface area (TPSA) is 75.4 Å². The van der Waals surface area contributed by atoms with Crippen molar-refractivity contribution in [3.8, 4) is 0 Å². The lowest BCUT2D eigenvalue weighted by molar-refractivity contribution is -0.385. The van der Waals surface area contributed by atoms with E-state index in [1.165, 1.54) is 12.1 Å². The third-order valence-corrected chi connectivity index (χ3v) is 3.12. The van der Waals surface area contributed by atoms with Crippen LogP contribution in [-0.4, -0.2) is 23.6 Å². The van der Waals surface area contributed by atoms with E-state index in [0.717, 1.165) is 0 Å². The molecule has 0 bridgehead atoms. The van der Waals surface area contributed by atoms with Gasteiger partial charge in [0.1, 0.15) is 0 Å². The van der Waals surface area contributed by atoms with Crippen molar-refractivity contribution in [3.63, 3.8) is 0 Å². The summed E-state index contributed by atoms with van der Waals surface area (Å²) >= 11 is 11.1. The van der Waals surface area contributed by atoms with Crippen LogP contribution in [0.15, 0.2) is 48.5 Å². The zero-order valence-electron chi connectivity index (χ0n) is 11.9. The van der Waals surface area contributed by atoms with Crippen LogP contribution >= 0.6 is 23.2 Å². The number of benzene rings is 2. The summed E-state index contributed by atoms with van der Waals surface area (Å²) in [4.78, 5) is 9.97. The molecule has 2 aromatic carbocycles. The fourth-order valence-corrected chi connectivity index (χ4v) is 2.05. The molecule has 118 valence electrons. The van der Waals surface area contributed by atoms with Crippen molar-refractivity contribution in [2.75, 3.05) is 13.6 Å². The molecular weight excluding hydrogens is 327 g/mol. The maximum absolute atomic E-state index is 10.4. The van der Waals surface area contributed by atoms with E-state index < -0.39 is 11.0 Å². The molecule has 7 heteroatoms. The third-order valence-electron chi connectivity index (χ3n) is 2.65. The highest BCUT2D eigenvalue weighted by molar-refractivity contribution is 6.34. The Morgan fingerprint density at radius 1 is 1.18 bits per heavy atom. The molecule has 0 aliphatic rings. The van der Waals surface area contributed by atoms with Gasteiger partial charge in [-0.15, -0.1) is 0 Å². The van der Waals surface area contributed by atoms with E-state index >= 15 is 0 Å². The average molecular weight is 343 g/mol. The van der Waals surface area contributed by atoms with Crippen molar-refractivity contribution in [3.05, 3.63) is 74.3 Å². The Balaban J connectivity index is 0.000000255. The highest BCUT2D eigenvalue weighted by Gasteiger charge is 2.10. The first-order valence-electron chi connectivity index (χ1n) is 6.42. The van der Waals surface area contributed by atoms with Crippen LogP contribution in [0.1, 0.15) is 11.7 Å². The molecule has 1 atom stereocenters.